The van der Waals surface area contributed by atoms with Gasteiger partial charge in [-0.15, -0.1) is 0 Å². The van der Waals surface area contributed by atoms with E-state index >= 15 is 0 Å². The molecule has 0 aromatic carbocycles. The normalized spacial score (nSPS) is 9.44. The van der Waals surface area contributed by atoms with E-state index < -0.39 is 11.4 Å². The Kier molecular flexibility index (Phi) is 1.22. The van der Waals surface area contributed by atoms with Crippen LogP contribution >= 0.6 is 0 Å². The van der Waals surface area contributed by atoms with Crippen LogP contribution in [0.25, 0.3) is 0 Å². The van der Waals surface area contributed by atoms with Crippen molar-refractivity contribution in [3.63, 3.8) is 0 Å². The number of hydrogen-bond acceptors (Lipinski definition) is 3. The fourth-order valence-corrected chi connectivity index (χ4v) is 0.485. The van der Waals surface area contributed by atoms with E-state index in [1.54, 1.807) is 6.92 Å². The van der Waals surface area contributed by atoms with Crippen molar-refractivity contribution < 1.29 is 5.11 Å². The smallest absolute Gasteiger partial charge is 0.310 e. The fourth-order valence-electron chi connectivity index (χ4n) is 0.485. The molecule has 0 spiro atoms. The molecule has 48 valence electrons. The van der Waals surface area contributed by atoms with Crippen LogP contribution in [-0.4, -0.2) is 15.1 Å². The molecule has 0 atom stereocenters. The van der Waals surface area contributed by atoms with Crippen LogP contribution in [0.5, 0.6) is 5.88 Å². The quantitative estimate of drug-likeness (QED) is 0.505. The van der Waals surface area contributed by atoms with Crippen molar-refractivity contribution in [2.75, 3.05) is 0 Å². The second-order valence-electron chi connectivity index (χ2n) is 1.69. The predicted octanol–water partition coefficient (Wildman–Crippen LogP) is -0.216. The first kappa shape index (κ1) is 5.81. The van der Waals surface area contributed by atoms with Gasteiger partial charge in [0.05, 0.1) is 5.69 Å². The molecule has 0 bridgehead atoms. The zero-order valence-corrected chi connectivity index (χ0v) is 4.88. The minimum absolute atomic E-state index is 0.477. The van der Waals surface area contributed by atoms with E-state index in [1.165, 1.54) is 6.20 Å². The summed E-state index contributed by atoms with van der Waals surface area (Å²) in [5.74, 6) is -0.477. The van der Waals surface area contributed by atoms with Crippen molar-refractivity contribution in [1.82, 2.24) is 9.97 Å². The molecule has 0 saturated heterocycles. The van der Waals surface area contributed by atoms with Gasteiger partial charge < -0.3 is 10.1 Å². The zero-order chi connectivity index (χ0) is 6.85. The Morgan fingerprint density at radius 1 is 1.78 bits per heavy atom. The van der Waals surface area contributed by atoms with Gasteiger partial charge in [-0.1, -0.05) is 0 Å². The highest BCUT2D eigenvalue weighted by molar-refractivity contribution is 5.04. The molecule has 0 aliphatic heterocycles. The average molecular weight is 126 g/mol. The second-order valence-corrected chi connectivity index (χ2v) is 1.69. The molecule has 0 amide bonds. The van der Waals surface area contributed by atoms with E-state index in [0.29, 0.717) is 5.69 Å². The molecule has 0 unspecified atom stereocenters. The largest absolute Gasteiger partial charge is 0.489 e. The van der Waals surface area contributed by atoms with Crippen LogP contribution in [0.3, 0.4) is 0 Å². The van der Waals surface area contributed by atoms with Crippen LogP contribution < -0.4 is 5.56 Å². The lowest BCUT2D eigenvalue weighted by Gasteiger charge is -1.89. The summed E-state index contributed by atoms with van der Waals surface area (Å²) in [7, 11) is 0. The number of aryl methyl sites for hydroxylation is 1. The van der Waals surface area contributed by atoms with E-state index in [9.17, 15) is 4.79 Å². The van der Waals surface area contributed by atoms with Gasteiger partial charge >= 0.3 is 5.56 Å². The third kappa shape index (κ3) is 1.07. The topological polar surface area (TPSA) is 66.0 Å². The molecule has 0 fully saturated rings. The van der Waals surface area contributed by atoms with Gasteiger partial charge in [-0.3, -0.25) is 4.79 Å². The Balaban J connectivity index is 3.34. The molecule has 9 heavy (non-hydrogen) atoms. The molecule has 2 N–H and O–H groups in total. The first-order chi connectivity index (χ1) is 4.20. The van der Waals surface area contributed by atoms with Crippen molar-refractivity contribution in [2.45, 2.75) is 6.92 Å². The molecule has 0 saturated carbocycles. The van der Waals surface area contributed by atoms with E-state index in [-0.39, 0.29) is 0 Å². The molecular weight excluding hydrogens is 120 g/mol. The highest BCUT2D eigenvalue weighted by Gasteiger charge is 1.94. The number of aromatic nitrogens is 2. The van der Waals surface area contributed by atoms with E-state index in [4.69, 9.17) is 5.11 Å². The van der Waals surface area contributed by atoms with Crippen LogP contribution in [0.2, 0.25) is 0 Å². The van der Waals surface area contributed by atoms with Crippen LogP contribution in [0.15, 0.2) is 11.0 Å². The lowest BCUT2D eigenvalue weighted by molar-refractivity contribution is 0.442. The van der Waals surface area contributed by atoms with Gasteiger partial charge in [0, 0.05) is 6.20 Å². The van der Waals surface area contributed by atoms with Crippen molar-refractivity contribution >= 4 is 0 Å². The summed E-state index contributed by atoms with van der Waals surface area (Å²) >= 11 is 0. The lowest BCUT2D eigenvalue weighted by atomic mass is 10.5. The SMILES string of the molecule is Cc1c[nH]c(=O)c(O)n1. The van der Waals surface area contributed by atoms with Gasteiger partial charge in [0.15, 0.2) is 0 Å². The van der Waals surface area contributed by atoms with Crippen molar-refractivity contribution in [3.8, 4) is 5.88 Å². The maximum absolute atomic E-state index is 10.4. The Morgan fingerprint density at radius 2 is 2.44 bits per heavy atom. The number of rotatable bonds is 0. The van der Waals surface area contributed by atoms with Crippen LogP contribution in [0.4, 0.5) is 0 Å². The average Bonchev–Trinajstić information content (AvgIpc) is 1.80. The molecular formula is C5H6N2O2. The Hall–Kier alpha value is -1.32. The summed E-state index contributed by atoms with van der Waals surface area (Å²) in [6, 6.07) is 0. The number of nitrogens with zero attached hydrogens (tertiary/aromatic N) is 1. The van der Waals surface area contributed by atoms with E-state index in [1.807, 2.05) is 0 Å². The Labute approximate surface area is 51.2 Å². The zero-order valence-electron chi connectivity index (χ0n) is 4.88. The molecule has 0 radical (unpaired) electrons. The third-order valence-electron chi connectivity index (χ3n) is 0.897. The minimum atomic E-state index is -0.555. The summed E-state index contributed by atoms with van der Waals surface area (Å²) < 4.78 is 0. The molecule has 1 rings (SSSR count). The number of H-pyrrole nitrogens is 1. The summed E-state index contributed by atoms with van der Waals surface area (Å²) in [6.07, 6.45) is 1.43. The summed E-state index contributed by atoms with van der Waals surface area (Å²) in [4.78, 5) is 16.2. The first-order valence-electron chi connectivity index (χ1n) is 2.45. The number of aromatic hydroxyl groups is 1. The van der Waals surface area contributed by atoms with Gasteiger partial charge in [-0.05, 0) is 6.92 Å². The van der Waals surface area contributed by atoms with Gasteiger partial charge in [-0.25, -0.2) is 4.98 Å². The highest BCUT2D eigenvalue weighted by atomic mass is 16.3. The molecule has 4 heteroatoms. The van der Waals surface area contributed by atoms with E-state index in [0.717, 1.165) is 0 Å². The predicted molar refractivity (Wildman–Crippen MR) is 31.3 cm³/mol. The van der Waals surface area contributed by atoms with Gasteiger partial charge in [-0.2, -0.15) is 0 Å². The molecule has 0 aliphatic carbocycles. The maximum atomic E-state index is 10.4. The number of aromatic amines is 1. The summed E-state index contributed by atoms with van der Waals surface area (Å²) in [5, 5.41) is 8.65. The molecule has 0 aliphatic rings. The van der Waals surface area contributed by atoms with E-state index in [2.05, 4.69) is 9.97 Å². The molecule has 1 aromatic heterocycles. The first-order valence-corrected chi connectivity index (χ1v) is 2.45. The standard InChI is InChI=1S/C5H6N2O2/c1-3-2-6-4(8)5(9)7-3/h2H,1H3,(H,6,8)(H,7,9). The molecule has 1 heterocycles. The Morgan fingerprint density at radius 3 is 2.89 bits per heavy atom. The number of hydrogen-bond donors (Lipinski definition) is 2. The van der Waals surface area contributed by atoms with Crippen LogP contribution in [-0.2, 0) is 0 Å². The fraction of sp³-hybridized carbons (Fsp3) is 0.200. The van der Waals surface area contributed by atoms with Crippen molar-refractivity contribution in [2.24, 2.45) is 0 Å². The number of nitrogens with one attached hydrogen (secondary N) is 1. The van der Waals surface area contributed by atoms with Gasteiger partial charge in [0.25, 0.3) is 5.88 Å². The lowest BCUT2D eigenvalue weighted by Crippen LogP contribution is -2.06. The van der Waals surface area contributed by atoms with Gasteiger partial charge in [0.1, 0.15) is 0 Å². The van der Waals surface area contributed by atoms with Crippen molar-refractivity contribution in [1.29, 1.82) is 0 Å². The van der Waals surface area contributed by atoms with Crippen LogP contribution in [0, 0.1) is 6.92 Å². The monoisotopic (exact) mass is 126 g/mol. The second kappa shape index (κ2) is 1.89. The summed E-state index contributed by atoms with van der Waals surface area (Å²) in [6.45, 7) is 1.68. The minimum Gasteiger partial charge on any atom is -0.489 e. The maximum Gasteiger partial charge on any atom is 0.310 e. The molecule has 1 aromatic rings. The Bertz CT molecular complexity index is 266. The molecule has 4 nitrogen and oxygen atoms in total. The summed E-state index contributed by atoms with van der Waals surface area (Å²) in [5.41, 5.74) is 0.0349. The van der Waals surface area contributed by atoms with Crippen molar-refractivity contribution in [3.05, 3.63) is 22.2 Å². The highest BCUT2D eigenvalue weighted by Crippen LogP contribution is 1.91. The van der Waals surface area contributed by atoms with Gasteiger partial charge in [0.2, 0.25) is 0 Å². The third-order valence-corrected chi connectivity index (χ3v) is 0.897. The van der Waals surface area contributed by atoms with Crippen LogP contribution in [0.1, 0.15) is 5.69 Å².